The molecule has 7 heteroatoms. The SMILES string of the molecule is Cc1ccc([C@@H](C)NC(=O)N2CCC3(CC2)C(=O)N(C)C(=O)N3C)cc1C. The van der Waals surface area contributed by atoms with Crippen LogP contribution < -0.4 is 5.32 Å². The molecule has 2 heterocycles. The third-order valence-corrected chi connectivity index (χ3v) is 6.17. The predicted octanol–water partition coefficient (Wildman–Crippen LogP) is 2.43. The molecule has 3 rings (SSSR count). The molecule has 1 atom stereocenters. The summed E-state index contributed by atoms with van der Waals surface area (Å²) in [6, 6.07) is 5.68. The zero-order valence-corrected chi connectivity index (χ0v) is 16.7. The van der Waals surface area contributed by atoms with Gasteiger partial charge in [0.1, 0.15) is 5.54 Å². The summed E-state index contributed by atoms with van der Waals surface area (Å²) in [6.45, 7) is 6.99. The van der Waals surface area contributed by atoms with E-state index < -0.39 is 5.54 Å². The zero-order chi connectivity index (χ0) is 19.9. The van der Waals surface area contributed by atoms with Crippen molar-refractivity contribution in [2.75, 3.05) is 27.2 Å². The van der Waals surface area contributed by atoms with Gasteiger partial charge in [0, 0.05) is 27.2 Å². The maximum Gasteiger partial charge on any atom is 0.327 e. The molecule has 0 aliphatic carbocycles. The zero-order valence-electron chi connectivity index (χ0n) is 16.7. The van der Waals surface area contributed by atoms with Gasteiger partial charge in [0.25, 0.3) is 5.91 Å². The maximum absolute atomic E-state index is 12.7. The fourth-order valence-electron chi connectivity index (χ4n) is 3.97. The average Bonchev–Trinajstić information content (AvgIpc) is 2.80. The maximum atomic E-state index is 12.7. The molecule has 1 aromatic rings. The number of carbonyl (C=O) groups is 3. The van der Waals surface area contributed by atoms with Gasteiger partial charge in [0.2, 0.25) is 0 Å². The van der Waals surface area contributed by atoms with Crippen molar-refractivity contribution in [3.8, 4) is 0 Å². The van der Waals surface area contributed by atoms with Crippen molar-refractivity contribution in [2.45, 2.75) is 45.2 Å². The topological polar surface area (TPSA) is 73.0 Å². The Bertz CT molecular complexity index is 783. The lowest BCUT2D eigenvalue weighted by atomic mass is 9.86. The van der Waals surface area contributed by atoms with Crippen LogP contribution in [-0.2, 0) is 4.79 Å². The summed E-state index contributed by atoms with van der Waals surface area (Å²) >= 11 is 0. The fraction of sp³-hybridized carbons (Fsp3) is 0.550. The minimum Gasteiger partial charge on any atom is -0.331 e. The smallest absolute Gasteiger partial charge is 0.327 e. The van der Waals surface area contributed by atoms with Crippen molar-refractivity contribution < 1.29 is 14.4 Å². The third kappa shape index (κ3) is 3.15. The van der Waals surface area contributed by atoms with Crippen LogP contribution in [0.1, 0.15) is 42.5 Å². The number of hydrogen-bond acceptors (Lipinski definition) is 3. The number of benzene rings is 1. The third-order valence-electron chi connectivity index (χ3n) is 6.17. The number of piperidine rings is 1. The Kier molecular flexibility index (Phi) is 4.88. The molecule has 2 fully saturated rings. The van der Waals surface area contributed by atoms with Gasteiger partial charge in [-0.25, -0.2) is 9.59 Å². The first kappa shape index (κ1) is 19.2. The fourth-order valence-corrected chi connectivity index (χ4v) is 3.97. The molecule has 0 unspecified atom stereocenters. The van der Waals surface area contributed by atoms with Gasteiger partial charge in [-0.05, 0) is 50.3 Å². The number of aryl methyl sites for hydroxylation is 2. The standard InChI is InChI=1S/C20H28N4O3/c1-13-6-7-16(12-14(13)2)15(3)21-18(26)24-10-8-20(9-11-24)17(25)22(4)19(27)23(20)5/h6-7,12,15H,8-11H2,1-5H3,(H,21,26)/t15-/m1/s1. The number of likely N-dealkylation sites (tertiary alicyclic amines) is 1. The monoisotopic (exact) mass is 372 g/mol. The van der Waals surface area contributed by atoms with E-state index in [4.69, 9.17) is 0 Å². The molecular weight excluding hydrogens is 344 g/mol. The Balaban J connectivity index is 1.62. The lowest BCUT2D eigenvalue weighted by Crippen LogP contribution is -2.57. The predicted molar refractivity (Wildman–Crippen MR) is 102 cm³/mol. The Labute approximate surface area is 160 Å². The first-order valence-electron chi connectivity index (χ1n) is 9.36. The summed E-state index contributed by atoms with van der Waals surface area (Å²) < 4.78 is 0. The molecule has 1 spiro atoms. The van der Waals surface area contributed by atoms with Crippen LogP contribution in [0.25, 0.3) is 0 Å². The van der Waals surface area contributed by atoms with Gasteiger partial charge < -0.3 is 15.1 Å². The van der Waals surface area contributed by atoms with Crippen LogP contribution in [0, 0.1) is 13.8 Å². The first-order chi connectivity index (χ1) is 12.7. The van der Waals surface area contributed by atoms with Crippen LogP contribution in [0.5, 0.6) is 0 Å². The summed E-state index contributed by atoms with van der Waals surface area (Å²) in [5, 5.41) is 3.04. The Morgan fingerprint density at radius 1 is 1.11 bits per heavy atom. The summed E-state index contributed by atoms with van der Waals surface area (Å²) in [6.07, 6.45) is 0.924. The lowest BCUT2D eigenvalue weighted by molar-refractivity contribution is -0.134. The summed E-state index contributed by atoms with van der Waals surface area (Å²) in [5.74, 6) is -0.168. The van der Waals surface area contributed by atoms with Gasteiger partial charge in [0.05, 0.1) is 6.04 Å². The molecule has 2 aliphatic heterocycles. The van der Waals surface area contributed by atoms with Crippen molar-refractivity contribution in [2.24, 2.45) is 0 Å². The molecule has 27 heavy (non-hydrogen) atoms. The van der Waals surface area contributed by atoms with Crippen molar-refractivity contribution >= 4 is 18.0 Å². The van der Waals surface area contributed by atoms with Crippen molar-refractivity contribution in [3.63, 3.8) is 0 Å². The van der Waals surface area contributed by atoms with E-state index in [9.17, 15) is 14.4 Å². The van der Waals surface area contributed by atoms with E-state index in [2.05, 4.69) is 31.3 Å². The molecule has 146 valence electrons. The van der Waals surface area contributed by atoms with E-state index in [0.29, 0.717) is 25.9 Å². The highest BCUT2D eigenvalue weighted by Gasteiger charge is 2.55. The molecule has 1 N–H and O–H groups in total. The van der Waals surface area contributed by atoms with Crippen LogP contribution in [0.4, 0.5) is 9.59 Å². The lowest BCUT2D eigenvalue weighted by Gasteiger charge is -2.41. The second-order valence-corrected chi connectivity index (χ2v) is 7.74. The minimum absolute atomic E-state index is 0.101. The quantitative estimate of drug-likeness (QED) is 0.811. The molecule has 5 amide bonds. The number of hydrogen-bond donors (Lipinski definition) is 1. The molecular formula is C20H28N4O3. The van der Waals surface area contributed by atoms with E-state index in [-0.39, 0.29) is 24.0 Å². The van der Waals surface area contributed by atoms with E-state index in [1.807, 2.05) is 13.0 Å². The molecule has 0 saturated carbocycles. The van der Waals surface area contributed by atoms with Gasteiger partial charge in [0.15, 0.2) is 0 Å². The molecule has 0 radical (unpaired) electrons. The number of imide groups is 1. The van der Waals surface area contributed by atoms with E-state index in [0.717, 1.165) is 5.56 Å². The average molecular weight is 372 g/mol. The molecule has 0 aromatic heterocycles. The van der Waals surface area contributed by atoms with Gasteiger partial charge in [-0.15, -0.1) is 0 Å². The van der Waals surface area contributed by atoms with Crippen LogP contribution >= 0.6 is 0 Å². The van der Waals surface area contributed by atoms with Gasteiger partial charge >= 0.3 is 12.1 Å². The second kappa shape index (κ2) is 6.87. The van der Waals surface area contributed by atoms with Gasteiger partial charge in [-0.1, -0.05) is 18.2 Å². The number of carbonyl (C=O) groups excluding carboxylic acids is 3. The van der Waals surface area contributed by atoms with Gasteiger partial charge in [-0.2, -0.15) is 0 Å². The first-order valence-corrected chi connectivity index (χ1v) is 9.36. The summed E-state index contributed by atoms with van der Waals surface area (Å²) in [5.41, 5.74) is 2.69. The Morgan fingerprint density at radius 2 is 1.74 bits per heavy atom. The van der Waals surface area contributed by atoms with Crippen molar-refractivity contribution in [1.82, 2.24) is 20.0 Å². The van der Waals surface area contributed by atoms with E-state index in [1.54, 1.807) is 11.9 Å². The van der Waals surface area contributed by atoms with Crippen LogP contribution in [-0.4, -0.2) is 65.4 Å². The van der Waals surface area contributed by atoms with E-state index in [1.165, 1.54) is 28.0 Å². The highest BCUT2D eigenvalue weighted by Crippen LogP contribution is 2.35. The van der Waals surface area contributed by atoms with Crippen LogP contribution in [0.15, 0.2) is 18.2 Å². The Hall–Kier alpha value is -2.57. The normalized spacial score (nSPS) is 20.4. The number of rotatable bonds is 2. The van der Waals surface area contributed by atoms with Gasteiger partial charge in [-0.3, -0.25) is 9.69 Å². The molecule has 2 saturated heterocycles. The van der Waals surface area contributed by atoms with Crippen molar-refractivity contribution in [1.29, 1.82) is 0 Å². The van der Waals surface area contributed by atoms with E-state index >= 15 is 0 Å². The number of amides is 5. The Morgan fingerprint density at radius 3 is 2.26 bits per heavy atom. The number of urea groups is 2. The summed E-state index contributed by atoms with van der Waals surface area (Å²) in [4.78, 5) is 41.7. The second-order valence-electron chi connectivity index (χ2n) is 7.74. The minimum atomic E-state index is -0.803. The number of likely N-dealkylation sites (N-methyl/N-ethyl adjacent to an activating group) is 2. The van der Waals surface area contributed by atoms with Crippen LogP contribution in [0.3, 0.4) is 0 Å². The molecule has 0 bridgehead atoms. The summed E-state index contributed by atoms with van der Waals surface area (Å²) in [7, 11) is 3.18. The highest BCUT2D eigenvalue weighted by molar-refractivity contribution is 6.06. The number of nitrogens with zero attached hydrogens (tertiary/aromatic N) is 3. The molecule has 2 aliphatic rings. The highest BCUT2D eigenvalue weighted by atomic mass is 16.2. The number of nitrogens with one attached hydrogen (secondary N) is 1. The van der Waals surface area contributed by atoms with Crippen LogP contribution in [0.2, 0.25) is 0 Å². The molecule has 1 aromatic carbocycles. The molecule has 7 nitrogen and oxygen atoms in total. The van der Waals surface area contributed by atoms with Crippen molar-refractivity contribution in [3.05, 3.63) is 34.9 Å². The largest absolute Gasteiger partial charge is 0.331 e.